The number of aryl methyl sites for hydroxylation is 1. The van der Waals surface area contributed by atoms with Crippen molar-refractivity contribution in [3.05, 3.63) is 35.6 Å². The Morgan fingerprint density at radius 2 is 2.04 bits per heavy atom. The first-order valence-corrected chi connectivity index (χ1v) is 7.94. The van der Waals surface area contributed by atoms with Gasteiger partial charge in [0.1, 0.15) is 11.3 Å². The van der Waals surface area contributed by atoms with Crippen molar-refractivity contribution >= 4 is 22.8 Å². The number of para-hydroxylation sites is 1. The minimum atomic E-state index is -0.869. The Balaban J connectivity index is 1.73. The molecule has 3 rings (SSSR count). The van der Waals surface area contributed by atoms with Crippen molar-refractivity contribution in [3.8, 4) is 0 Å². The third-order valence-electron chi connectivity index (χ3n) is 4.91. The van der Waals surface area contributed by atoms with E-state index in [-0.39, 0.29) is 18.4 Å². The average molecular weight is 315 g/mol. The average Bonchev–Trinajstić information content (AvgIpc) is 2.80. The lowest BCUT2D eigenvalue weighted by molar-refractivity contribution is -0.157. The molecule has 1 heterocycles. The first kappa shape index (κ1) is 15.6. The number of hydrogen-bond donors (Lipinski definition) is 2. The fourth-order valence-electron chi connectivity index (χ4n) is 3.34. The van der Waals surface area contributed by atoms with Crippen LogP contribution in [0.2, 0.25) is 0 Å². The molecule has 1 saturated carbocycles. The molecule has 1 amide bonds. The molecule has 1 fully saturated rings. The lowest BCUT2D eigenvalue weighted by Crippen LogP contribution is -2.43. The normalized spacial score (nSPS) is 17.5. The lowest BCUT2D eigenvalue weighted by Gasteiger charge is -2.37. The van der Waals surface area contributed by atoms with Crippen molar-refractivity contribution in [1.29, 1.82) is 0 Å². The van der Waals surface area contributed by atoms with Crippen LogP contribution in [0, 0.1) is 12.3 Å². The molecule has 2 aromatic rings. The van der Waals surface area contributed by atoms with Crippen LogP contribution in [-0.2, 0) is 9.59 Å². The first-order chi connectivity index (χ1) is 10.9. The van der Waals surface area contributed by atoms with Gasteiger partial charge in [0.25, 0.3) is 0 Å². The molecule has 23 heavy (non-hydrogen) atoms. The van der Waals surface area contributed by atoms with E-state index in [9.17, 15) is 14.7 Å². The Labute approximate surface area is 134 Å². The zero-order chi connectivity index (χ0) is 16.6. The van der Waals surface area contributed by atoms with E-state index in [2.05, 4.69) is 5.32 Å². The Morgan fingerprint density at radius 1 is 1.35 bits per heavy atom. The summed E-state index contributed by atoms with van der Waals surface area (Å²) in [7, 11) is 0. The van der Waals surface area contributed by atoms with Gasteiger partial charge < -0.3 is 14.8 Å². The van der Waals surface area contributed by atoms with Crippen LogP contribution in [0.25, 0.3) is 11.0 Å². The minimum absolute atomic E-state index is 0.0337. The van der Waals surface area contributed by atoms with Gasteiger partial charge in [-0.05, 0) is 32.8 Å². The van der Waals surface area contributed by atoms with Gasteiger partial charge in [-0.15, -0.1) is 0 Å². The Hall–Kier alpha value is -2.30. The van der Waals surface area contributed by atoms with Crippen molar-refractivity contribution in [3.63, 3.8) is 0 Å². The van der Waals surface area contributed by atoms with Crippen LogP contribution in [0.3, 0.4) is 0 Å². The van der Waals surface area contributed by atoms with E-state index < -0.39 is 11.4 Å². The Bertz CT molecular complexity index is 757. The molecule has 5 nitrogen and oxygen atoms in total. The second-order valence-electron chi connectivity index (χ2n) is 6.49. The fraction of sp³-hybridized carbons (Fsp3) is 0.444. The molecule has 122 valence electrons. The third-order valence-corrected chi connectivity index (χ3v) is 4.91. The molecule has 0 spiro atoms. The first-order valence-electron chi connectivity index (χ1n) is 7.94. The molecule has 1 aromatic carbocycles. The van der Waals surface area contributed by atoms with Crippen LogP contribution < -0.4 is 5.32 Å². The van der Waals surface area contributed by atoms with Gasteiger partial charge in [-0.25, -0.2) is 0 Å². The van der Waals surface area contributed by atoms with E-state index >= 15 is 0 Å². The van der Waals surface area contributed by atoms with Crippen LogP contribution in [0.1, 0.15) is 50.0 Å². The number of furan rings is 1. The van der Waals surface area contributed by atoms with Crippen molar-refractivity contribution in [2.75, 3.05) is 0 Å². The topological polar surface area (TPSA) is 79.5 Å². The van der Waals surface area contributed by atoms with E-state index in [0.717, 1.165) is 28.7 Å². The summed E-state index contributed by atoms with van der Waals surface area (Å²) in [4.78, 5) is 23.6. The van der Waals surface area contributed by atoms with Gasteiger partial charge in [-0.1, -0.05) is 24.6 Å². The predicted molar refractivity (Wildman–Crippen MR) is 86.0 cm³/mol. The maximum atomic E-state index is 12.3. The highest BCUT2D eigenvalue weighted by atomic mass is 16.4. The molecule has 1 aliphatic carbocycles. The van der Waals surface area contributed by atoms with E-state index in [4.69, 9.17) is 4.42 Å². The number of carboxylic acid groups (broad SMARTS) is 1. The fourth-order valence-corrected chi connectivity index (χ4v) is 3.34. The Morgan fingerprint density at radius 3 is 2.61 bits per heavy atom. The van der Waals surface area contributed by atoms with Crippen LogP contribution in [0.4, 0.5) is 0 Å². The quantitative estimate of drug-likeness (QED) is 0.884. The number of carbonyl (C=O) groups excluding carboxylic acids is 1. The van der Waals surface area contributed by atoms with Crippen LogP contribution in [-0.4, -0.2) is 17.0 Å². The summed E-state index contributed by atoms with van der Waals surface area (Å²) in [6.45, 7) is 3.82. The summed E-state index contributed by atoms with van der Waals surface area (Å²) >= 11 is 0. The largest absolute Gasteiger partial charge is 0.481 e. The number of amides is 1. The van der Waals surface area contributed by atoms with E-state index in [1.54, 1.807) is 0 Å². The lowest BCUT2D eigenvalue weighted by atomic mass is 9.66. The summed E-state index contributed by atoms with van der Waals surface area (Å²) in [6, 6.07) is 7.45. The highest BCUT2D eigenvalue weighted by Gasteiger charge is 2.46. The molecule has 0 radical (unpaired) electrons. The zero-order valence-corrected chi connectivity index (χ0v) is 13.4. The monoisotopic (exact) mass is 315 g/mol. The zero-order valence-electron chi connectivity index (χ0n) is 13.4. The van der Waals surface area contributed by atoms with Crippen LogP contribution in [0.5, 0.6) is 0 Å². The van der Waals surface area contributed by atoms with Gasteiger partial charge >= 0.3 is 5.97 Å². The third kappa shape index (κ3) is 2.71. The summed E-state index contributed by atoms with van der Waals surface area (Å²) in [5.74, 6) is -0.386. The highest BCUT2D eigenvalue weighted by molar-refractivity contribution is 5.86. The minimum Gasteiger partial charge on any atom is -0.481 e. The molecule has 1 aliphatic rings. The van der Waals surface area contributed by atoms with Gasteiger partial charge in [0.05, 0.1) is 11.5 Å². The number of nitrogens with one attached hydrogen (secondary N) is 1. The van der Waals surface area contributed by atoms with Crippen molar-refractivity contribution in [2.45, 2.75) is 45.6 Å². The number of hydrogen-bond acceptors (Lipinski definition) is 3. The SMILES string of the molecule is Cc1c([C@H](C)NC(=O)CC2(C(=O)O)CCC2)oc2ccccc12. The van der Waals surface area contributed by atoms with Gasteiger partial charge in [0.2, 0.25) is 5.91 Å². The second-order valence-corrected chi connectivity index (χ2v) is 6.49. The van der Waals surface area contributed by atoms with E-state index in [0.29, 0.717) is 12.8 Å². The van der Waals surface area contributed by atoms with E-state index in [1.165, 1.54) is 0 Å². The second kappa shape index (κ2) is 5.72. The molecule has 1 atom stereocenters. The smallest absolute Gasteiger partial charge is 0.310 e. The van der Waals surface area contributed by atoms with Crippen molar-refractivity contribution in [1.82, 2.24) is 5.32 Å². The maximum absolute atomic E-state index is 12.3. The molecule has 0 unspecified atom stereocenters. The van der Waals surface area contributed by atoms with Gasteiger partial charge in [0, 0.05) is 17.4 Å². The summed E-state index contributed by atoms with van der Waals surface area (Å²) in [6.07, 6.45) is 2.06. The number of fused-ring (bicyclic) bond motifs is 1. The number of carboxylic acids is 1. The van der Waals surface area contributed by atoms with Crippen LogP contribution >= 0.6 is 0 Å². The molecule has 2 N–H and O–H groups in total. The molecular formula is C18H21NO4. The highest BCUT2D eigenvalue weighted by Crippen LogP contribution is 2.44. The van der Waals surface area contributed by atoms with Crippen molar-refractivity contribution in [2.24, 2.45) is 5.41 Å². The van der Waals surface area contributed by atoms with Gasteiger partial charge in [0.15, 0.2) is 0 Å². The number of benzene rings is 1. The summed E-state index contributed by atoms with van der Waals surface area (Å²) < 4.78 is 5.85. The number of aliphatic carboxylic acids is 1. The summed E-state index contributed by atoms with van der Waals surface area (Å²) in [5.41, 5.74) is 0.930. The number of carbonyl (C=O) groups is 2. The van der Waals surface area contributed by atoms with Gasteiger partial charge in [-0.3, -0.25) is 9.59 Å². The van der Waals surface area contributed by atoms with Crippen LogP contribution in [0.15, 0.2) is 28.7 Å². The molecule has 0 bridgehead atoms. The number of rotatable bonds is 5. The standard InChI is InChI=1S/C18H21NO4/c1-11-13-6-3-4-7-14(13)23-16(11)12(2)19-15(20)10-18(17(21)22)8-5-9-18/h3-4,6-7,12H,5,8-10H2,1-2H3,(H,19,20)(H,21,22)/t12-/m0/s1. The van der Waals surface area contributed by atoms with Gasteiger partial charge in [-0.2, -0.15) is 0 Å². The molecule has 0 saturated heterocycles. The Kier molecular flexibility index (Phi) is 3.88. The molecule has 1 aromatic heterocycles. The molecular weight excluding hydrogens is 294 g/mol. The van der Waals surface area contributed by atoms with E-state index in [1.807, 2.05) is 38.1 Å². The summed E-state index contributed by atoms with van der Waals surface area (Å²) in [5, 5.41) is 13.2. The maximum Gasteiger partial charge on any atom is 0.310 e. The predicted octanol–water partition coefficient (Wildman–Crippen LogP) is 3.56. The molecule has 0 aliphatic heterocycles. The van der Waals surface area contributed by atoms with Crippen molar-refractivity contribution < 1.29 is 19.1 Å². The molecule has 5 heteroatoms.